The van der Waals surface area contributed by atoms with Crippen molar-refractivity contribution in [3.05, 3.63) is 23.3 Å². The molecule has 0 amide bonds. The Kier molecular flexibility index (Phi) is 8.51. The van der Waals surface area contributed by atoms with Crippen molar-refractivity contribution in [3.8, 4) is 0 Å². The minimum atomic E-state index is -1.66. The Balaban J connectivity index is 5.91. The van der Waals surface area contributed by atoms with Gasteiger partial charge >= 0.3 is 0 Å². The summed E-state index contributed by atoms with van der Waals surface area (Å²) in [5, 5.41) is 1.37. The smallest absolute Gasteiger partial charge is 0.264 e. The van der Waals surface area contributed by atoms with E-state index >= 15 is 0 Å². The fraction of sp³-hybridized carbons (Fsp3) is 0.750. The molecule has 0 bridgehead atoms. The number of hydrogen-bond donors (Lipinski definition) is 0. The van der Waals surface area contributed by atoms with Gasteiger partial charge in [0.25, 0.3) is 5.95 Å². The quantitative estimate of drug-likeness (QED) is 0.308. The summed E-state index contributed by atoms with van der Waals surface area (Å²) in [6, 6.07) is 3.72. The van der Waals surface area contributed by atoms with Gasteiger partial charge in [-0.1, -0.05) is 51.1 Å². The Hall–Kier alpha value is -0.486. The fourth-order valence-electron chi connectivity index (χ4n) is 2.52. The highest BCUT2D eigenvalue weighted by Gasteiger charge is 2.35. The lowest BCUT2D eigenvalue weighted by Crippen LogP contribution is -2.37. The normalized spacial score (nSPS) is 14.4. The van der Waals surface area contributed by atoms with Crippen LogP contribution in [0.2, 0.25) is 37.8 Å². The molecule has 118 valence electrons. The third-order valence-corrected chi connectivity index (χ3v) is 10.2. The highest BCUT2D eigenvalue weighted by Crippen LogP contribution is 2.33. The molecule has 0 aromatic carbocycles. The van der Waals surface area contributed by atoms with Gasteiger partial charge in [-0.15, -0.1) is 0 Å². The van der Waals surface area contributed by atoms with Crippen molar-refractivity contribution in [2.75, 3.05) is 6.61 Å². The largest absolute Gasteiger partial charge is 0.520 e. The summed E-state index contributed by atoms with van der Waals surface area (Å²) < 4.78 is 12.2. The Morgan fingerprint density at radius 1 is 0.950 bits per heavy atom. The van der Waals surface area contributed by atoms with Crippen LogP contribution in [-0.4, -0.2) is 23.0 Å². The zero-order valence-electron chi connectivity index (χ0n) is 14.8. The van der Waals surface area contributed by atoms with E-state index in [1.54, 1.807) is 0 Å². The zero-order valence-corrected chi connectivity index (χ0v) is 16.8. The van der Waals surface area contributed by atoms with E-state index in [1.807, 2.05) is 6.92 Å². The van der Waals surface area contributed by atoms with Gasteiger partial charge in [-0.25, -0.2) is 0 Å². The zero-order chi connectivity index (χ0) is 15.8. The van der Waals surface area contributed by atoms with Gasteiger partial charge in [0, 0.05) is 5.20 Å². The summed E-state index contributed by atoms with van der Waals surface area (Å²) >= 11 is 0. The van der Waals surface area contributed by atoms with Crippen molar-refractivity contribution in [3.63, 3.8) is 0 Å². The second-order valence-electron chi connectivity index (χ2n) is 6.19. The van der Waals surface area contributed by atoms with Crippen LogP contribution in [0.25, 0.3) is 0 Å². The van der Waals surface area contributed by atoms with Gasteiger partial charge in [-0.3, -0.25) is 0 Å². The van der Waals surface area contributed by atoms with Gasteiger partial charge in [-0.2, -0.15) is 0 Å². The number of allylic oxidation sites excluding steroid dienone is 3. The molecule has 0 rings (SSSR count). The van der Waals surface area contributed by atoms with Crippen LogP contribution < -0.4 is 0 Å². The first-order chi connectivity index (χ1) is 9.30. The minimum absolute atomic E-state index is 0.669. The van der Waals surface area contributed by atoms with Crippen LogP contribution >= 0.6 is 0 Å². The van der Waals surface area contributed by atoms with Crippen molar-refractivity contribution in [2.24, 2.45) is 0 Å². The lowest BCUT2D eigenvalue weighted by Gasteiger charge is -2.33. The standard InChI is InChI=1S/C16H34O2Si2/c1-9-14-15(20(11-3,12-4)13-5)16(17-10-2)18-19(6,7)8/h9,14H,10-13H2,1-8H3/b14-9+,16-15+. The van der Waals surface area contributed by atoms with Crippen molar-refractivity contribution >= 4 is 16.4 Å². The highest BCUT2D eigenvalue weighted by molar-refractivity contribution is 6.87. The van der Waals surface area contributed by atoms with Gasteiger partial charge in [0.2, 0.25) is 8.32 Å². The summed E-state index contributed by atoms with van der Waals surface area (Å²) in [6.45, 7) is 18.4. The molecule has 2 nitrogen and oxygen atoms in total. The lowest BCUT2D eigenvalue weighted by molar-refractivity contribution is 0.111. The molecule has 0 atom stereocenters. The van der Waals surface area contributed by atoms with E-state index < -0.39 is 16.4 Å². The summed E-state index contributed by atoms with van der Waals surface area (Å²) in [6.07, 6.45) is 4.37. The molecule has 0 fully saturated rings. The van der Waals surface area contributed by atoms with Gasteiger partial charge < -0.3 is 9.16 Å². The molecular weight excluding hydrogens is 280 g/mol. The van der Waals surface area contributed by atoms with Crippen molar-refractivity contribution in [2.45, 2.75) is 72.4 Å². The van der Waals surface area contributed by atoms with Crippen LogP contribution in [0, 0.1) is 0 Å². The molecule has 0 spiro atoms. The van der Waals surface area contributed by atoms with Gasteiger partial charge in [-0.05, 0) is 33.5 Å². The molecule has 0 aliphatic carbocycles. The van der Waals surface area contributed by atoms with E-state index in [-0.39, 0.29) is 0 Å². The number of hydrogen-bond acceptors (Lipinski definition) is 2. The van der Waals surface area contributed by atoms with Crippen LogP contribution in [0.3, 0.4) is 0 Å². The van der Waals surface area contributed by atoms with E-state index in [2.05, 4.69) is 59.5 Å². The van der Waals surface area contributed by atoms with Crippen molar-refractivity contribution in [1.29, 1.82) is 0 Å². The summed E-state index contributed by atoms with van der Waals surface area (Å²) in [5.41, 5.74) is 0. The van der Waals surface area contributed by atoms with Gasteiger partial charge in [0.05, 0.1) is 14.7 Å². The van der Waals surface area contributed by atoms with E-state index in [4.69, 9.17) is 9.16 Å². The monoisotopic (exact) mass is 314 g/mol. The Morgan fingerprint density at radius 2 is 1.45 bits per heavy atom. The van der Waals surface area contributed by atoms with E-state index in [0.717, 1.165) is 5.95 Å². The molecule has 20 heavy (non-hydrogen) atoms. The van der Waals surface area contributed by atoms with Gasteiger partial charge in [0.1, 0.15) is 0 Å². The molecule has 0 saturated heterocycles. The average Bonchev–Trinajstić information content (AvgIpc) is 2.38. The SMILES string of the molecule is C/C=C/C(=C(/OCC)O[Si](C)(C)C)[Si](CC)(CC)CC. The number of ether oxygens (including phenoxy) is 1. The summed E-state index contributed by atoms with van der Waals surface area (Å²) in [4.78, 5) is 0. The van der Waals surface area contributed by atoms with Crippen LogP contribution in [-0.2, 0) is 9.16 Å². The first-order valence-electron chi connectivity index (χ1n) is 7.99. The molecule has 0 aromatic heterocycles. The maximum Gasteiger partial charge on any atom is 0.264 e. The second-order valence-corrected chi connectivity index (χ2v) is 15.8. The topological polar surface area (TPSA) is 18.5 Å². The van der Waals surface area contributed by atoms with E-state index in [9.17, 15) is 0 Å². The first-order valence-corrected chi connectivity index (χ1v) is 14.0. The number of rotatable bonds is 9. The van der Waals surface area contributed by atoms with Crippen molar-refractivity contribution < 1.29 is 9.16 Å². The van der Waals surface area contributed by atoms with Crippen LogP contribution in [0.15, 0.2) is 23.3 Å². The molecule has 0 aliphatic heterocycles. The van der Waals surface area contributed by atoms with E-state index in [1.165, 1.54) is 23.3 Å². The molecule has 0 heterocycles. The average molecular weight is 315 g/mol. The Morgan fingerprint density at radius 3 is 1.75 bits per heavy atom. The Bertz CT molecular complexity index is 329. The Labute approximate surface area is 128 Å². The first kappa shape index (κ1) is 19.5. The minimum Gasteiger partial charge on any atom is -0.520 e. The second kappa shape index (κ2) is 8.72. The highest BCUT2D eigenvalue weighted by atomic mass is 28.4. The molecular formula is C16H34O2Si2. The van der Waals surface area contributed by atoms with Crippen LogP contribution in [0.4, 0.5) is 0 Å². The van der Waals surface area contributed by atoms with Crippen molar-refractivity contribution in [1.82, 2.24) is 0 Å². The molecule has 0 radical (unpaired) electrons. The molecule has 0 unspecified atom stereocenters. The predicted octanol–water partition coefficient (Wildman–Crippen LogP) is 5.71. The maximum atomic E-state index is 6.28. The molecule has 0 aliphatic rings. The van der Waals surface area contributed by atoms with E-state index in [0.29, 0.717) is 6.61 Å². The third-order valence-electron chi connectivity index (χ3n) is 3.83. The summed E-state index contributed by atoms with van der Waals surface area (Å²) in [5.74, 6) is 0.821. The van der Waals surface area contributed by atoms with Crippen LogP contribution in [0.1, 0.15) is 34.6 Å². The fourth-order valence-corrected chi connectivity index (χ4v) is 7.07. The maximum absolute atomic E-state index is 6.28. The molecule has 0 N–H and O–H groups in total. The summed E-state index contributed by atoms with van der Waals surface area (Å²) in [7, 11) is -3.16. The predicted molar refractivity (Wildman–Crippen MR) is 95.1 cm³/mol. The van der Waals surface area contributed by atoms with Gasteiger partial charge in [0.15, 0.2) is 0 Å². The molecule has 0 saturated carbocycles. The van der Waals surface area contributed by atoms with Crippen LogP contribution in [0.5, 0.6) is 0 Å². The third kappa shape index (κ3) is 5.48. The lowest BCUT2D eigenvalue weighted by atomic mass is 10.5. The molecule has 4 heteroatoms. The molecule has 0 aromatic rings.